The van der Waals surface area contributed by atoms with Gasteiger partial charge < -0.3 is 10.2 Å². The molecule has 0 aliphatic carbocycles. The second kappa shape index (κ2) is 5.94. The Bertz CT molecular complexity index is 954. The first kappa shape index (κ1) is 16.3. The Morgan fingerprint density at radius 3 is 2.88 bits per heavy atom. The fourth-order valence-corrected chi connectivity index (χ4v) is 3.73. The van der Waals surface area contributed by atoms with Crippen LogP contribution in [0.25, 0.3) is 0 Å². The largest absolute Gasteiger partial charge is 0.322 e. The van der Waals surface area contributed by atoms with E-state index in [-0.39, 0.29) is 23.1 Å². The molecule has 26 heavy (non-hydrogen) atoms. The number of anilines is 2. The Balaban J connectivity index is 1.66. The van der Waals surface area contributed by atoms with Crippen LogP contribution in [0.5, 0.6) is 0 Å². The summed E-state index contributed by atoms with van der Waals surface area (Å²) in [6.45, 7) is 2.62. The molecular formula is C19H17N3O4. The molecule has 0 saturated carbocycles. The first-order valence-corrected chi connectivity index (χ1v) is 8.49. The highest BCUT2D eigenvalue weighted by Gasteiger charge is 2.37. The minimum atomic E-state index is -0.530. The second-order valence-electron chi connectivity index (χ2n) is 6.65. The lowest BCUT2D eigenvalue weighted by Crippen LogP contribution is -2.32. The predicted molar refractivity (Wildman–Crippen MR) is 96.6 cm³/mol. The van der Waals surface area contributed by atoms with Crippen LogP contribution in [0.1, 0.15) is 40.7 Å². The number of benzene rings is 2. The number of hydrogen-bond donors (Lipinski definition) is 1. The maximum absolute atomic E-state index is 12.5. The number of rotatable bonds is 3. The number of amides is 2. The number of carbonyl (C=O) groups is 2. The molecule has 0 saturated heterocycles. The van der Waals surface area contributed by atoms with Gasteiger partial charge in [0.15, 0.2) is 0 Å². The maximum Gasteiger partial charge on any atom is 0.270 e. The van der Waals surface area contributed by atoms with Crippen LogP contribution in [0.4, 0.5) is 17.1 Å². The van der Waals surface area contributed by atoms with E-state index < -0.39 is 10.8 Å². The Morgan fingerprint density at radius 2 is 2.12 bits per heavy atom. The van der Waals surface area contributed by atoms with E-state index in [2.05, 4.69) is 5.32 Å². The van der Waals surface area contributed by atoms with Gasteiger partial charge in [0.1, 0.15) is 0 Å². The summed E-state index contributed by atoms with van der Waals surface area (Å²) in [5.41, 5.74) is 3.68. The molecule has 0 fully saturated rings. The molecular weight excluding hydrogens is 334 g/mol. The smallest absolute Gasteiger partial charge is 0.270 e. The van der Waals surface area contributed by atoms with Crippen molar-refractivity contribution in [3.8, 4) is 0 Å². The average molecular weight is 351 g/mol. The molecule has 4 rings (SSSR count). The molecule has 0 bridgehead atoms. The summed E-state index contributed by atoms with van der Waals surface area (Å²) in [6.07, 6.45) is 1.76. The number of nitro groups is 1. The van der Waals surface area contributed by atoms with Crippen LogP contribution in [0.15, 0.2) is 36.4 Å². The Labute approximate surface area is 149 Å². The lowest BCUT2D eigenvalue weighted by atomic mass is 9.96. The fourth-order valence-electron chi connectivity index (χ4n) is 3.73. The molecule has 1 N–H and O–H groups in total. The molecule has 1 atom stereocenters. The molecule has 2 aromatic rings. The standard InChI is InChI=1S/C19H17N3O4/c1-11-16-10-14(8-12-5-3-7-21(17(12)16)19(11)24)20-18(23)13-4-2-6-15(9-13)22(25)26/h2,4,6,8-11H,3,5,7H2,1H3,(H,20,23)/t11-/m0/s1. The summed E-state index contributed by atoms with van der Waals surface area (Å²) in [4.78, 5) is 37.1. The SMILES string of the molecule is C[C@@H]1C(=O)N2CCCc3cc(NC(=O)c4cccc([N+](=O)[O-])c4)cc1c32. The van der Waals surface area contributed by atoms with Gasteiger partial charge in [0.25, 0.3) is 11.6 Å². The number of non-ortho nitro benzene ring substituents is 1. The molecule has 0 aromatic heterocycles. The van der Waals surface area contributed by atoms with Gasteiger partial charge in [0, 0.05) is 29.9 Å². The van der Waals surface area contributed by atoms with Gasteiger partial charge in [-0.25, -0.2) is 0 Å². The zero-order chi connectivity index (χ0) is 18.4. The van der Waals surface area contributed by atoms with Crippen LogP contribution in [0.3, 0.4) is 0 Å². The Kier molecular flexibility index (Phi) is 3.72. The minimum absolute atomic E-state index is 0.100. The molecule has 2 amide bonds. The highest BCUT2D eigenvalue weighted by atomic mass is 16.6. The van der Waals surface area contributed by atoms with E-state index in [1.807, 2.05) is 24.0 Å². The van der Waals surface area contributed by atoms with E-state index in [0.717, 1.165) is 36.2 Å². The van der Waals surface area contributed by atoms with Crippen molar-refractivity contribution in [2.75, 3.05) is 16.8 Å². The van der Waals surface area contributed by atoms with E-state index in [1.54, 1.807) is 0 Å². The molecule has 2 aromatic carbocycles. The van der Waals surface area contributed by atoms with E-state index in [0.29, 0.717) is 5.69 Å². The van der Waals surface area contributed by atoms with E-state index in [9.17, 15) is 19.7 Å². The molecule has 2 aliphatic heterocycles. The number of nitrogens with zero attached hydrogens (tertiary/aromatic N) is 2. The van der Waals surface area contributed by atoms with Gasteiger partial charge in [-0.1, -0.05) is 6.07 Å². The number of nitro benzene ring substituents is 1. The lowest BCUT2D eigenvalue weighted by Gasteiger charge is -2.26. The number of nitrogens with one attached hydrogen (secondary N) is 1. The molecule has 2 aliphatic rings. The summed E-state index contributed by atoms with van der Waals surface area (Å²) in [7, 11) is 0. The van der Waals surface area contributed by atoms with Crippen molar-refractivity contribution in [3.63, 3.8) is 0 Å². The summed E-state index contributed by atoms with van der Waals surface area (Å²) in [5.74, 6) is -0.537. The van der Waals surface area contributed by atoms with Gasteiger partial charge in [0.2, 0.25) is 5.91 Å². The van der Waals surface area contributed by atoms with Crippen LogP contribution < -0.4 is 10.2 Å². The van der Waals surface area contributed by atoms with Crippen LogP contribution in [-0.4, -0.2) is 23.3 Å². The topological polar surface area (TPSA) is 92.6 Å². The van der Waals surface area contributed by atoms with Crippen molar-refractivity contribution >= 4 is 28.9 Å². The normalized spacial score (nSPS) is 17.8. The van der Waals surface area contributed by atoms with Crippen molar-refractivity contribution in [1.82, 2.24) is 0 Å². The molecule has 0 unspecified atom stereocenters. The number of aryl methyl sites for hydroxylation is 1. The molecule has 0 radical (unpaired) electrons. The molecule has 7 nitrogen and oxygen atoms in total. The van der Waals surface area contributed by atoms with E-state index in [4.69, 9.17) is 0 Å². The van der Waals surface area contributed by atoms with Crippen LogP contribution in [0.2, 0.25) is 0 Å². The highest BCUT2D eigenvalue weighted by molar-refractivity contribution is 6.08. The molecule has 132 valence electrons. The average Bonchev–Trinajstić information content (AvgIpc) is 2.88. The van der Waals surface area contributed by atoms with E-state index in [1.165, 1.54) is 24.3 Å². The third-order valence-electron chi connectivity index (χ3n) is 5.00. The molecule has 0 spiro atoms. The van der Waals surface area contributed by atoms with Gasteiger partial charge in [0.05, 0.1) is 16.5 Å². The summed E-state index contributed by atoms with van der Waals surface area (Å²) in [6, 6.07) is 9.35. The number of carbonyl (C=O) groups excluding carboxylic acids is 2. The highest BCUT2D eigenvalue weighted by Crippen LogP contribution is 2.44. The maximum atomic E-state index is 12.5. The van der Waals surface area contributed by atoms with Gasteiger partial charge >= 0.3 is 0 Å². The van der Waals surface area contributed by atoms with Crippen LogP contribution in [0, 0.1) is 10.1 Å². The van der Waals surface area contributed by atoms with Gasteiger partial charge in [-0.15, -0.1) is 0 Å². The van der Waals surface area contributed by atoms with Crippen molar-refractivity contribution in [1.29, 1.82) is 0 Å². The number of hydrogen-bond acceptors (Lipinski definition) is 4. The van der Waals surface area contributed by atoms with Gasteiger partial charge in [-0.05, 0) is 49.1 Å². The second-order valence-corrected chi connectivity index (χ2v) is 6.65. The van der Waals surface area contributed by atoms with Crippen molar-refractivity contribution in [2.24, 2.45) is 0 Å². The zero-order valence-electron chi connectivity index (χ0n) is 14.2. The predicted octanol–water partition coefficient (Wildman–Crippen LogP) is 3.24. The first-order chi connectivity index (χ1) is 12.5. The zero-order valence-corrected chi connectivity index (χ0v) is 14.2. The third kappa shape index (κ3) is 2.52. The van der Waals surface area contributed by atoms with Crippen LogP contribution >= 0.6 is 0 Å². The fraction of sp³-hybridized carbons (Fsp3) is 0.263. The third-order valence-corrected chi connectivity index (χ3v) is 5.00. The quantitative estimate of drug-likeness (QED) is 0.679. The van der Waals surface area contributed by atoms with Crippen molar-refractivity contribution < 1.29 is 14.5 Å². The first-order valence-electron chi connectivity index (χ1n) is 8.49. The van der Waals surface area contributed by atoms with Crippen molar-refractivity contribution in [3.05, 3.63) is 63.2 Å². The minimum Gasteiger partial charge on any atom is -0.322 e. The summed E-state index contributed by atoms with van der Waals surface area (Å²) < 4.78 is 0. The van der Waals surface area contributed by atoms with Crippen LogP contribution in [-0.2, 0) is 11.2 Å². The monoisotopic (exact) mass is 351 g/mol. The van der Waals surface area contributed by atoms with E-state index >= 15 is 0 Å². The lowest BCUT2D eigenvalue weighted by molar-refractivity contribution is -0.384. The Morgan fingerprint density at radius 1 is 1.31 bits per heavy atom. The van der Waals surface area contributed by atoms with Gasteiger partial charge in [-0.3, -0.25) is 19.7 Å². The van der Waals surface area contributed by atoms with Gasteiger partial charge in [-0.2, -0.15) is 0 Å². The summed E-state index contributed by atoms with van der Waals surface area (Å²) >= 11 is 0. The van der Waals surface area contributed by atoms with Crippen molar-refractivity contribution in [2.45, 2.75) is 25.7 Å². The molecule has 7 heteroatoms. The Hall–Kier alpha value is -3.22. The molecule has 2 heterocycles. The summed E-state index contributed by atoms with van der Waals surface area (Å²) in [5, 5.41) is 13.7.